The molecule has 1 fully saturated rings. The van der Waals surface area contributed by atoms with Gasteiger partial charge in [-0.3, -0.25) is 4.79 Å². The van der Waals surface area contributed by atoms with Crippen molar-refractivity contribution in [3.63, 3.8) is 0 Å². The summed E-state index contributed by atoms with van der Waals surface area (Å²) in [5.74, 6) is 0.967. The van der Waals surface area contributed by atoms with E-state index in [4.69, 9.17) is 0 Å². The minimum absolute atomic E-state index is 0. The highest BCUT2D eigenvalue weighted by molar-refractivity contribution is 5.94. The van der Waals surface area contributed by atoms with Crippen molar-refractivity contribution in [3.8, 4) is 0 Å². The number of aryl methyl sites for hydroxylation is 1. The van der Waals surface area contributed by atoms with Crippen LogP contribution in [0.3, 0.4) is 0 Å². The molecule has 1 saturated carbocycles. The normalized spacial score (nSPS) is 13.8. The maximum Gasteiger partial charge on any atom is 0.240 e. The summed E-state index contributed by atoms with van der Waals surface area (Å²) in [5.41, 5.74) is 2.20. The number of anilines is 1. The molecule has 1 aliphatic carbocycles. The smallest absolute Gasteiger partial charge is 0.240 e. The first-order chi connectivity index (χ1) is 8.70. The van der Waals surface area contributed by atoms with E-state index in [0.717, 1.165) is 18.2 Å². The second-order valence-corrected chi connectivity index (χ2v) is 5.05. The molecule has 0 radical (unpaired) electrons. The van der Waals surface area contributed by atoms with Gasteiger partial charge in [0.2, 0.25) is 5.91 Å². The fraction of sp³-hybridized carbons (Fsp3) is 0.533. The Morgan fingerprint density at radius 3 is 2.47 bits per heavy atom. The summed E-state index contributed by atoms with van der Waals surface area (Å²) in [5, 5.41) is 3.25. The van der Waals surface area contributed by atoms with Gasteiger partial charge in [-0.25, -0.2) is 0 Å². The summed E-state index contributed by atoms with van der Waals surface area (Å²) >= 11 is 0. The molecule has 0 bridgehead atoms. The average Bonchev–Trinajstić information content (AvgIpc) is 3.16. The quantitative estimate of drug-likeness (QED) is 0.870. The molecule has 0 saturated heterocycles. The first-order valence-electron chi connectivity index (χ1n) is 6.78. The standard InChI is InChI=1S/C15H22N2O.ClH/c1-3-17(14-8-4-12(2)5-9-14)15(18)11-16-10-13-6-7-13;/h4-5,8-9,13,16H,3,6-7,10-11H2,1-2H3;1H. The molecule has 2 rings (SSSR count). The highest BCUT2D eigenvalue weighted by atomic mass is 35.5. The monoisotopic (exact) mass is 282 g/mol. The minimum atomic E-state index is 0. The number of hydrogen-bond donors (Lipinski definition) is 1. The molecule has 1 aromatic rings. The summed E-state index contributed by atoms with van der Waals surface area (Å²) < 4.78 is 0. The van der Waals surface area contributed by atoms with Crippen LogP contribution >= 0.6 is 12.4 Å². The Bertz CT molecular complexity index is 401. The molecule has 1 amide bonds. The van der Waals surface area contributed by atoms with Gasteiger partial charge < -0.3 is 10.2 Å². The molecule has 106 valence electrons. The van der Waals surface area contributed by atoms with Gasteiger partial charge in [0.25, 0.3) is 0 Å². The summed E-state index contributed by atoms with van der Waals surface area (Å²) in [4.78, 5) is 14.0. The number of nitrogens with one attached hydrogen (secondary N) is 1. The van der Waals surface area contributed by atoms with Gasteiger partial charge in [-0.1, -0.05) is 17.7 Å². The zero-order valence-electron chi connectivity index (χ0n) is 11.7. The van der Waals surface area contributed by atoms with Gasteiger partial charge in [0.15, 0.2) is 0 Å². The van der Waals surface area contributed by atoms with E-state index in [9.17, 15) is 4.79 Å². The molecule has 1 aromatic carbocycles. The first-order valence-corrected chi connectivity index (χ1v) is 6.78. The molecule has 3 nitrogen and oxygen atoms in total. The predicted octanol–water partition coefficient (Wildman–Crippen LogP) is 2.77. The van der Waals surface area contributed by atoms with Crippen LogP contribution in [-0.2, 0) is 4.79 Å². The van der Waals surface area contributed by atoms with E-state index < -0.39 is 0 Å². The van der Waals surface area contributed by atoms with E-state index in [1.807, 2.05) is 36.1 Å². The van der Waals surface area contributed by atoms with Gasteiger partial charge in [-0.05, 0) is 51.3 Å². The van der Waals surface area contributed by atoms with Crippen LogP contribution < -0.4 is 10.2 Å². The Labute approximate surface area is 121 Å². The van der Waals surface area contributed by atoms with E-state index in [1.165, 1.54) is 18.4 Å². The van der Waals surface area contributed by atoms with E-state index in [1.54, 1.807) is 0 Å². The molecule has 1 N–H and O–H groups in total. The lowest BCUT2D eigenvalue weighted by Crippen LogP contribution is -2.38. The molecule has 0 spiro atoms. The van der Waals surface area contributed by atoms with Crippen molar-refractivity contribution in [1.82, 2.24) is 5.32 Å². The van der Waals surface area contributed by atoms with Gasteiger partial charge in [0.1, 0.15) is 0 Å². The Morgan fingerprint density at radius 2 is 1.95 bits per heavy atom. The van der Waals surface area contributed by atoms with Crippen molar-refractivity contribution in [3.05, 3.63) is 29.8 Å². The molecule has 0 atom stereocenters. The van der Waals surface area contributed by atoms with Gasteiger partial charge in [0, 0.05) is 12.2 Å². The number of likely N-dealkylation sites (N-methyl/N-ethyl adjacent to an activating group) is 1. The van der Waals surface area contributed by atoms with Crippen LogP contribution in [-0.4, -0.2) is 25.5 Å². The fourth-order valence-corrected chi connectivity index (χ4v) is 2.03. The maximum absolute atomic E-state index is 12.1. The van der Waals surface area contributed by atoms with E-state index in [-0.39, 0.29) is 18.3 Å². The van der Waals surface area contributed by atoms with Crippen LogP contribution in [0.2, 0.25) is 0 Å². The molecule has 1 aliphatic rings. The lowest BCUT2D eigenvalue weighted by atomic mass is 10.2. The highest BCUT2D eigenvalue weighted by Gasteiger charge is 2.21. The van der Waals surface area contributed by atoms with Gasteiger partial charge in [-0.15, -0.1) is 12.4 Å². The van der Waals surface area contributed by atoms with E-state index >= 15 is 0 Å². The third kappa shape index (κ3) is 4.84. The first kappa shape index (κ1) is 16.0. The molecule has 0 aliphatic heterocycles. The Hall–Kier alpha value is -1.06. The van der Waals surface area contributed by atoms with Crippen molar-refractivity contribution < 1.29 is 4.79 Å². The number of halogens is 1. The number of nitrogens with zero attached hydrogens (tertiary/aromatic N) is 1. The lowest BCUT2D eigenvalue weighted by Gasteiger charge is -2.21. The summed E-state index contributed by atoms with van der Waals surface area (Å²) in [6, 6.07) is 8.11. The minimum Gasteiger partial charge on any atom is -0.312 e. The Balaban J connectivity index is 0.00000180. The van der Waals surface area contributed by atoms with Gasteiger partial charge in [-0.2, -0.15) is 0 Å². The van der Waals surface area contributed by atoms with Crippen molar-refractivity contribution in [1.29, 1.82) is 0 Å². The van der Waals surface area contributed by atoms with Gasteiger partial charge in [0.05, 0.1) is 6.54 Å². The van der Waals surface area contributed by atoms with Crippen molar-refractivity contribution in [2.45, 2.75) is 26.7 Å². The number of amides is 1. The van der Waals surface area contributed by atoms with Crippen molar-refractivity contribution in [2.24, 2.45) is 5.92 Å². The molecule has 0 unspecified atom stereocenters. The number of benzene rings is 1. The van der Waals surface area contributed by atoms with Gasteiger partial charge >= 0.3 is 0 Å². The zero-order valence-corrected chi connectivity index (χ0v) is 12.5. The Kier molecular flexibility index (Phi) is 6.32. The third-order valence-electron chi connectivity index (χ3n) is 3.37. The predicted molar refractivity (Wildman–Crippen MR) is 82.0 cm³/mol. The molecule has 19 heavy (non-hydrogen) atoms. The van der Waals surface area contributed by atoms with Crippen LogP contribution in [0.25, 0.3) is 0 Å². The second-order valence-electron chi connectivity index (χ2n) is 5.05. The average molecular weight is 283 g/mol. The molecule has 0 heterocycles. The molecule has 4 heteroatoms. The zero-order chi connectivity index (χ0) is 13.0. The summed E-state index contributed by atoms with van der Waals surface area (Å²) in [7, 11) is 0. The summed E-state index contributed by atoms with van der Waals surface area (Å²) in [6.45, 7) is 6.21. The van der Waals surface area contributed by atoms with Crippen LogP contribution in [0.15, 0.2) is 24.3 Å². The van der Waals surface area contributed by atoms with Crippen LogP contribution in [0.5, 0.6) is 0 Å². The van der Waals surface area contributed by atoms with E-state index in [0.29, 0.717) is 13.1 Å². The third-order valence-corrected chi connectivity index (χ3v) is 3.37. The number of carbonyl (C=O) groups excluding carboxylic acids is 1. The van der Waals surface area contributed by atoms with Crippen molar-refractivity contribution in [2.75, 3.05) is 24.5 Å². The largest absolute Gasteiger partial charge is 0.312 e. The number of hydrogen-bond acceptors (Lipinski definition) is 2. The van der Waals surface area contributed by atoms with E-state index in [2.05, 4.69) is 12.2 Å². The van der Waals surface area contributed by atoms with Crippen molar-refractivity contribution >= 4 is 24.0 Å². The fourth-order valence-electron chi connectivity index (χ4n) is 2.03. The molecule has 0 aromatic heterocycles. The topological polar surface area (TPSA) is 32.3 Å². The maximum atomic E-state index is 12.1. The lowest BCUT2D eigenvalue weighted by molar-refractivity contribution is -0.117. The van der Waals surface area contributed by atoms with Crippen LogP contribution in [0, 0.1) is 12.8 Å². The van der Waals surface area contributed by atoms with Crippen LogP contribution in [0.1, 0.15) is 25.3 Å². The number of carbonyl (C=O) groups is 1. The second kappa shape index (κ2) is 7.51. The van der Waals surface area contributed by atoms with Crippen LogP contribution in [0.4, 0.5) is 5.69 Å². The summed E-state index contributed by atoms with van der Waals surface area (Å²) in [6.07, 6.45) is 2.63. The highest BCUT2D eigenvalue weighted by Crippen LogP contribution is 2.27. The molecular weight excluding hydrogens is 260 g/mol. The molecular formula is C15H23ClN2O. The Morgan fingerprint density at radius 1 is 1.32 bits per heavy atom. The number of rotatable bonds is 6. The SMILES string of the molecule is CCN(C(=O)CNCC1CC1)c1ccc(C)cc1.Cl.